The highest BCUT2D eigenvalue weighted by Gasteiger charge is 2.35. The smallest absolute Gasteiger partial charge is 0.228 e. The number of amides is 1. The van der Waals surface area contributed by atoms with Crippen molar-refractivity contribution in [3.63, 3.8) is 0 Å². The molecule has 0 aromatic carbocycles. The van der Waals surface area contributed by atoms with Gasteiger partial charge in [-0.1, -0.05) is 34.6 Å². The van der Waals surface area contributed by atoms with E-state index in [1.807, 2.05) is 20.8 Å². The molecule has 0 N–H and O–H groups in total. The molecule has 0 aromatic rings. The van der Waals surface area contributed by atoms with Crippen LogP contribution in [0.4, 0.5) is 0 Å². The number of hydrogen-bond donors (Lipinski definition) is 0. The topological polar surface area (TPSA) is 20.3 Å². The van der Waals surface area contributed by atoms with E-state index < -0.39 is 0 Å². The molecule has 0 bridgehead atoms. The van der Waals surface area contributed by atoms with Crippen molar-refractivity contribution in [2.75, 3.05) is 6.54 Å². The van der Waals surface area contributed by atoms with E-state index >= 15 is 0 Å². The molecule has 0 aromatic heterocycles. The lowest BCUT2D eigenvalue weighted by Gasteiger charge is -2.32. The van der Waals surface area contributed by atoms with Gasteiger partial charge >= 0.3 is 0 Å². The number of rotatable bonds is 1. The van der Waals surface area contributed by atoms with Gasteiger partial charge in [0.25, 0.3) is 0 Å². The van der Waals surface area contributed by atoms with Gasteiger partial charge in [-0.2, -0.15) is 0 Å². The first-order chi connectivity index (χ1) is 6.34. The van der Waals surface area contributed by atoms with E-state index in [1.54, 1.807) is 0 Å². The lowest BCUT2D eigenvalue weighted by molar-refractivity contribution is -0.141. The average Bonchev–Trinajstić information content (AvgIpc) is 2.48. The van der Waals surface area contributed by atoms with Crippen molar-refractivity contribution in [3.05, 3.63) is 0 Å². The zero-order valence-corrected chi connectivity index (χ0v) is 10.1. The monoisotopic (exact) mass is 197 g/mol. The first kappa shape index (κ1) is 11.5. The van der Waals surface area contributed by atoms with Crippen molar-refractivity contribution in [3.8, 4) is 0 Å². The average molecular weight is 197 g/mol. The van der Waals surface area contributed by atoms with Crippen molar-refractivity contribution in [1.29, 1.82) is 0 Å². The van der Waals surface area contributed by atoms with E-state index in [2.05, 4.69) is 18.7 Å². The highest BCUT2D eigenvalue weighted by Crippen LogP contribution is 2.28. The van der Waals surface area contributed by atoms with Crippen molar-refractivity contribution in [1.82, 2.24) is 4.90 Å². The third-order valence-corrected chi connectivity index (χ3v) is 2.97. The molecule has 1 aliphatic rings. The summed E-state index contributed by atoms with van der Waals surface area (Å²) in [6.45, 7) is 11.4. The summed E-state index contributed by atoms with van der Waals surface area (Å²) in [5, 5.41) is 0. The molecular weight excluding hydrogens is 174 g/mol. The number of carbonyl (C=O) groups excluding carboxylic acids is 1. The van der Waals surface area contributed by atoms with Gasteiger partial charge in [-0.15, -0.1) is 0 Å². The maximum absolute atomic E-state index is 12.1. The first-order valence-corrected chi connectivity index (χ1v) is 5.65. The van der Waals surface area contributed by atoms with Crippen LogP contribution in [-0.2, 0) is 4.79 Å². The number of carbonyl (C=O) groups is 1. The molecule has 1 aliphatic heterocycles. The van der Waals surface area contributed by atoms with Crippen LogP contribution in [0.2, 0.25) is 0 Å². The molecule has 2 heteroatoms. The van der Waals surface area contributed by atoms with Gasteiger partial charge in [0.15, 0.2) is 0 Å². The van der Waals surface area contributed by atoms with Gasteiger partial charge in [0.2, 0.25) is 5.91 Å². The normalized spacial score (nSPS) is 23.3. The van der Waals surface area contributed by atoms with Gasteiger partial charge < -0.3 is 4.90 Å². The molecule has 1 saturated heterocycles. The van der Waals surface area contributed by atoms with Gasteiger partial charge in [0.1, 0.15) is 0 Å². The Morgan fingerprint density at radius 2 is 1.93 bits per heavy atom. The fourth-order valence-electron chi connectivity index (χ4n) is 2.17. The molecule has 1 heterocycles. The molecule has 2 nitrogen and oxygen atoms in total. The second kappa shape index (κ2) is 3.92. The van der Waals surface area contributed by atoms with Crippen molar-refractivity contribution >= 4 is 5.91 Å². The summed E-state index contributed by atoms with van der Waals surface area (Å²) in [5.74, 6) is 0.900. The quantitative estimate of drug-likeness (QED) is 0.633. The van der Waals surface area contributed by atoms with Crippen LogP contribution in [0.25, 0.3) is 0 Å². The fraction of sp³-hybridized carbons (Fsp3) is 0.917. The Hall–Kier alpha value is -0.530. The van der Waals surface area contributed by atoms with E-state index in [4.69, 9.17) is 0 Å². The maximum Gasteiger partial charge on any atom is 0.228 e. The van der Waals surface area contributed by atoms with Crippen LogP contribution in [0.1, 0.15) is 47.5 Å². The van der Waals surface area contributed by atoms with Gasteiger partial charge in [0.05, 0.1) is 0 Å². The standard InChI is InChI=1S/C12H23NO/c1-9(2)10-7-6-8-13(10)11(14)12(3,4)5/h9-10H,6-8H2,1-5H3. The fourth-order valence-corrected chi connectivity index (χ4v) is 2.17. The molecule has 1 unspecified atom stereocenters. The number of hydrogen-bond acceptors (Lipinski definition) is 1. The van der Waals surface area contributed by atoms with Gasteiger partial charge in [0, 0.05) is 18.0 Å². The summed E-state index contributed by atoms with van der Waals surface area (Å²) in [4.78, 5) is 14.2. The molecular formula is C12H23NO. The van der Waals surface area contributed by atoms with E-state index in [1.165, 1.54) is 12.8 Å². The Bertz CT molecular complexity index is 215. The Kier molecular flexibility index (Phi) is 3.23. The molecule has 0 saturated carbocycles. The Morgan fingerprint density at radius 1 is 1.36 bits per heavy atom. The molecule has 0 aliphatic carbocycles. The summed E-state index contributed by atoms with van der Waals surface area (Å²) in [6, 6.07) is 0.474. The zero-order valence-electron chi connectivity index (χ0n) is 10.1. The van der Waals surface area contributed by atoms with E-state index in [0.29, 0.717) is 17.9 Å². The highest BCUT2D eigenvalue weighted by atomic mass is 16.2. The largest absolute Gasteiger partial charge is 0.339 e. The molecule has 0 spiro atoms. The molecule has 1 amide bonds. The minimum Gasteiger partial charge on any atom is -0.339 e. The molecule has 14 heavy (non-hydrogen) atoms. The number of nitrogens with zero attached hydrogens (tertiary/aromatic N) is 1. The third kappa shape index (κ3) is 2.28. The minimum absolute atomic E-state index is 0.225. The van der Waals surface area contributed by atoms with Crippen LogP contribution < -0.4 is 0 Å². The van der Waals surface area contributed by atoms with E-state index in [-0.39, 0.29) is 5.41 Å². The van der Waals surface area contributed by atoms with Crippen molar-refractivity contribution in [2.45, 2.75) is 53.5 Å². The Balaban J connectivity index is 2.72. The number of likely N-dealkylation sites (tertiary alicyclic amines) is 1. The highest BCUT2D eigenvalue weighted by molar-refractivity contribution is 5.82. The summed E-state index contributed by atoms with van der Waals surface area (Å²) in [7, 11) is 0. The second-order valence-electron chi connectivity index (χ2n) is 5.70. The second-order valence-corrected chi connectivity index (χ2v) is 5.70. The SMILES string of the molecule is CC(C)C1CCCN1C(=O)C(C)(C)C. The van der Waals surface area contributed by atoms with Crippen LogP contribution >= 0.6 is 0 Å². The molecule has 1 atom stereocenters. The van der Waals surface area contributed by atoms with Crippen LogP contribution in [0.3, 0.4) is 0 Å². The van der Waals surface area contributed by atoms with Crippen LogP contribution in [0.15, 0.2) is 0 Å². The zero-order chi connectivity index (χ0) is 10.9. The lowest BCUT2D eigenvalue weighted by Crippen LogP contribution is -2.44. The van der Waals surface area contributed by atoms with Crippen molar-refractivity contribution in [2.24, 2.45) is 11.3 Å². The van der Waals surface area contributed by atoms with Crippen LogP contribution in [0, 0.1) is 11.3 Å². The van der Waals surface area contributed by atoms with Gasteiger partial charge in [-0.05, 0) is 18.8 Å². The van der Waals surface area contributed by atoms with Gasteiger partial charge in [-0.3, -0.25) is 4.79 Å². The maximum atomic E-state index is 12.1. The molecule has 1 rings (SSSR count). The van der Waals surface area contributed by atoms with Gasteiger partial charge in [-0.25, -0.2) is 0 Å². The lowest BCUT2D eigenvalue weighted by atomic mass is 9.93. The molecule has 0 radical (unpaired) electrons. The van der Waals surface area contributed by atoms with Crippen molar-refractivity contribution < 1.29 is 4.79 Å². The molecule has 1 fully saturated rings. The first-order valence-electron chi connectivity index (χ1n) is 5.65. The van der Waals surface area contributed by atoms with Crippen LogP contribution in [-0.4, -0.2) is 23.4 Å². The third-order valence-electron chi connectivity index (χ3n) is 2.97. The van der Waals surface area contributed by atoms with E-state index in [0.717, 1.165) is 6.54 Å². The minimum atomic E-state index is -0.225. The summed E-state index contributed by atoms with van der Waals surface area (Å²) in [6.07, 6.45) is 2.35. The summed E-state index contributed by atoms with van der Waals surface area (Å²) >= 11 is 0. The predicted octanol–water partition coefficient (Wildman–Crippen LogP) is 2.68. The Labute approximate surface area is 87.7 Å². The predicted molar refractivity (Wildman–Crippen MR) is 59.0 cm³/mol. The van der Waals surface area contributed by atoms with Crippen LogP contribution in [0.5, 0.6) is 0 Å². The summed E-state index contributed by atoms with van der Waals surface area (Å²) in [5.41, 5.74) is -0.225. The molecule has 82 valence electrons. The summed E-state index contributed by atoms with van der Waals surface area (Å²) < 4.78 is 0. The Morgan fingerprint density at radius 3 is 2.36 bits per heavy atom. The van der Waals surface area contributed by atoms with E-state index in [9.17, 15) is 4.79 Å².